The Bertz CT molecular complexity index is 720. The molecule has 0 bridgehead atoms. The van der Waals surface area contributed by atoms with Crippen molar-refractivity contribution in [3.63, 3.8) is 0 Å². The van der Waals surface area contributed by atoms with Gasteiger partial charge in [0.2, 0.25) is 5.89 Å². The highest BCUT2D eigenvalue weighted by Gasteiger charge is 2.31. The number of carbonyl (C=O) groups excluding carboxylic acids is 1. The average Bonchev–Trinajstić information content (AvgIpc) is 3.28. The van der Waals surface area contributed by atoms with Crippen LogP contribution in [0, 0.1) is 5.92 Å². The molecule has 1 unspecified atom stereocenters. The summed E-state index contributed by atoms with van der Waals surface area (Å²) in [5, 5.41) is 14.0. The molecule has 0 spiro atoms. The van der Waals surface area contributed by atoms with Crippen molar-refractivity contribution >= 4 is 6.03 Å². The Morgan fingerprint density at radius 1 is 1.38 bits per heavy atom. The maximum Gasteiger partial charge on any atom is 0.315 e. The summed E-state index contributed by atoms with van der Waals surface area (Å²) in [6.45, 7) is 5.76. The van der Waals surface area contributed by atoms with Gasteiger partial charge in [-0.3, -0.25) is 4.68 Å². The second kappa shape index (κ2) is 8.31. The highest BCUT2D eigenvalue weighted by Crippen LogP contribution is 2.29. The van der Waals surface area contributed by atoms with Crippen molar-refractivity contribution < 1.29 is 14.1 Å². The number of aromatic nitrogens is 4. The lowest BCUT2D eigenvalue weighted by molar-refractivity contribution is 0.0503. The fourth-order valence-electron chi connectivity index (χ4n) is 2.98. The second-order valence-corrected chi connectivity index (χ2v) is 6.92. The van der Waals surface area contributed by atoms with Crippen LogP contribution in [0.4, 0.5) is 4.79 Å². The van der Waals surface area contributed by atoms with E-state index < -0.39 is 0 Å². The van der Waals surface area contributed by atoms with E-state index in [2.05, 4.69) is 25.9 Å². The summed E-state index contributed by atoms with van der Waals surface area (Å²) in [4.78, 5) is 16.9. The first-order chi connectivity index (χ1) is 12.5. The highest BCUT2D eigenvalue weighted by molar-refractivity contribution is 5.74. The Hall–Kier alpha value is -2.42. The lowest BCUT2D eigenvalue weighted by atomic mass is 9.91. The highest BCUT2D eigenvalue weighted by atomic mass is 16.5. The number of carbonyl (C=O) groups is 1. The zero-order valence-electron chi connectivity index (χ0n) is 15.4. The van der Waals surface area contributed by atoms with Crippen LogP contribution in [0.25, 0.3) is 0 Å². The quantitative estimate of drug-likeness (QED) is 0.813. The van der Waals surface area contributed by atoms with E-state index in [4.69, 9.17) is 9.26 Å². The minimum absolute atomic E-state index is 0.169. The number of urea groups is 1. The van der Waals surface area contributed by atoms with Crippen molar-refractivity contribution in [2.45, 2.75) is 45.2 Å². The molecule has 26 heavy (non-hydrogen) atoms. The Labute approximate surface area is 152 Å². The first kappa shape index (κ1) is 18.4. The second-order valence-electron chi connectivity index (χ2n) is 6.92. The van der Waals surface area contributed by atoms with Crippen LogP contribution in [0.1, 0.15) is 55.9 Å². The van der Waals surface area contributed by atoms with E-state index in [1.807, 2.05) is 27.1 Å². The summed E-state index contributed by atoms with van der Waals surface area (Å²) in [6, 6.07) is -0.595. The van der Waals surface area contributed by atoms with Gasteiger partial charge < -0.3 is 19.9 Å². The Morgan fingerprint density at radius 3 is 2.77 bits per heavy atom. The maximum atomic E-state index is 12.4. The van der Waals surface area contributed by atoms with Gasteiger partial charge in [-0.15, -0.1) is 0 Å². The molecular weight excluding hydrogens is 336 g/mol. The molecule has 0 saturated carbocycles. The van der Waals surface area contributed by atoms with Gasteiger partial charge in [-0.05, 0) is 18.8 Å². The van der Waals surface area contributed by atoms with Crippen LogP contribution in [0.2, 0.25) is 0 Å². The van der Waals surface area contributed by atoms with Crippen molar-refractivity contribution in [3.05, 3.63) is 29.7 Å². The van der Waals surface area contributed by atoms with E-state index in [9.17, 15) is 4.79 Å². The van der Waals surface area contributed by atoms with Crippen LogP contribution in [0.3, 0.4) is 0 Å². The van der Waals surface area contributed by atoms with E-state index in [-0.39, 0.29) is 23.9 Å². The molecule has 1 aliphatic rings. The molecule has 2 N–H and O–H groups in total. The topological polar surface area (TPSA) is 107 Å². The molecule has 9 nitrogen and oxygen atoms in total. The number of hydrogen-bond donors (Lipinski definition) is 2. The zero-order chi connectivity index (χ0) is 18.5. The van der Waals surface area contributed by atoms with Gasteiger partial charge in [0, 0.05) is 44.5 Å². The minimum Gasteiger partial charge on any atom is -0.381 e. The van der Waals surface area contributed by atoms with E-state index in [0.717, 1.165) is 18.4 Å². The summed E-state index contributed by atoms with van der Waals surface area (Å²) in [6.07, 6.45) is 5.27. The molecule has 3 rings (SSSR count). The number of hydrogen-bond acceptors (Lipinski definition) is 6. The SMILES string of the molecule is CC(C)c1noc(C(NC(=O)NCc2cnn(C)c2)C2CCOCC2)n1. The number of aryl methyl sites for hydroxylation is 1. The fourth-order valence-corrected chi connectivity index (χ4v) is 2.98. The summed E-state index contributed by atoms with van der Waals surface area (Å²) in [7, 11) is 1.84. The molecule has 1 atom stereocenters. The first-order valence-corrected chi connectivity index (χ1v) is 8.96. The van der Waals surface area contributed by atoms with Crippen LogP contribution < -0.4 is 10.6 Å². The molecule has 1 aliphatic heterocycles. The van der Waals surface area contributed by atoms with Crippen LogP contribution in [-0.4, -0.2) is 39.2 Å². The van der Waals surface area contributed by atoms with Crippen LogP contribution >= 0.6 is 0 Å². The molecule has 0 aliphatic carbocycles. The number of rotatable bonds is 6. The molecular formula is C17H26N6O3. The van der Waals surface area contributed by atoms with E-state index in [1.165, 1.54) is 0 Å². The molecule has 1 fully saturated rings. The molecule has 1 saturated heterocycles. The Balaban J connectivity index is 1.66. The number of ether oxygens (including phenoxy) is 1. The molecule has 0 radical (unpaired) electrons. The van der Waals surface area contributed by atoms with Crippen molar-refractivity contribution in [1.29, 1.82) is 0 Å². The predicted molar refractivity (Wildman–Crippen MR) is 93.3 cm³/mol. The van der Waals surface area contributed by atoms with Gasteiger partial charge in [-0.1, -0.05) is 19.0 Å². The first-order valence-electron chi connectivity index (χ1n) is 8.96. The third-order valence-corrected chi connectivity index (χ3v) is 4.48. The standard InChI is InChI=1S/C17H26N6O3/c1-11(2)15-21-16(26-22-15)14(13-4-6-25-7-5-13)20-17(24)18-8-12-9-19-23(3)10-12/h9-11,13-14H,4-8H2,1-3H3,(H2,18,20,24). The van der Waals surface area contributed by atoms with E-state index in [1.54, 1.807) is 10.9 Å². The zero-order valence-corrected chi connectivity index (χ0v) is 15.4. The molecule has 0 aromatic carbocycles. The minimum atomic E-state index is -0.326. The van der Waals surface area contributed by atoms with Crippen molar-refractivity contribution in [1.82, 2.24) is 30.6 Å². The van der Waals surface area contributed by atoms with Crippen molar-refractivity contribution in [3.8, 4) is 0 Å². The summed E-state index contributed by atoms with van der Waals surface area (Å²) >= 11 is 0. The normalized spacial score (nSPS) is 16.6. The molecule has 9 heteroatoms. The molecule has 2 amide bonds. The third-order valence-electron chi connectivity index (χ3n) is 4.48. The van der Waals surface area contributed by atoms with Crippen LogP contribution in [-0.2, 0) is 18.3 Å². The Kier molecular flexibility index (Phi) is 5.87. The maximum absolute atomic E-state index is 12.4. The molecule has 2 aromatic heterocycles. The van der Waals surface area contributed by atoms with Gasteiger partial charge in [-0.25, -0.2) is 4.79 Å². The fraction of sp³-hybridized carbons (Fsp3) is 0.647. The van der Waals surface area contributed by atoms with Gasteiger partial charge in [0.1, 0.15) is 6.04 Å². The average molecular weight is 362 g/mol. The van der Waals surface area contributed by atoms with Gasteiger partial charge in [0.15, 0.2) is 5.82 Å². The molecule has 142 valence electrons. The summed E-state index contributed by atoms with van der Waals surface area (Å²) in [5.74, 6) is 1.47. The Morgan fingerprint density at radius 2 is 2.15 bits per heavy atom. The largest absolute Gasteiger partial charge is 0.381 e. The van der Waals surface area contributed by atoms with Gasteiger partial charge >= 0.3 is 6.03 Å². The summed E-state index contributed by atoms with van der Waals surface area (Å²) in [5.41, 5.74) is 0.935. The third kappa shape index (κ3) is 4.60. The smallest absolute Gasteiger partial charge is 0.315 e. The van der Waals surface area contributed by atoms with Gasteiger partial charge in [0.05, 0.1) is 6.20 Å². The van der Waals surface area contributed by atoms with Crippen molar-refractivity contribution in [2.24, 2.45) is 13.0 Å². The van der Waals surface area contributed by atoms with Gasteiger partial charge in [0.25, 0.3) is 0 Å². The number of nitrogens with one attached hydrogen (secondary N) is 2. The van der Waals surface area contributed by atoms with E-state index >= 15 is 0 Å². The van der Waals surface area contributed by atoms with Crippen LogP contribution in [0.5, 0.6) is 0 Å². The molecule has 3 heterocycles. The monoisotopic (exact) mass is 362 g/mol. The van der Waals surface area contributed by atoms with Crippen molar-refractivity contribution in [2.75, 3.05) is 13.2 Å². The molecule has 2 aromatic rings. The lowest BCUT2D eigenvalue weighted by Crippen LogP contribution is -2.41. The summed E-state index contributed by atoms with van der Waals surface area (Å²) < 4.78 is 12.6. The number of amides is 2. The van der Waals surface area contributed by atoms with E-state index in [0.29, 0.717) is 31.5 Å². The lowest BCUT2D eigenvalue weighted by Gasteiger charge is -2.28. The van der Waals surface area contributed by atoms with Crippen LogP contribution in [0.15, 0.2) is 16.9 Å². The van der Waals surface area contributed by atoms with Gasteiger partial charge in [-0.2, -0.15) is 10.1 Å². The number of nitrogens with zero attached hydrogens (tertiary/aromatic N) is 4. The predicted octanol–water partition coefficient (Wildman–Crippen LogP) is 1.89.